The fraction of sp³-hybridized carbons (Fsp3) is 0.471. The third-order valence-electron chi connectivity index (χ3n) is 3.77. The summed E-state index contributed by atoms with van der Waals surface area (Å²) in [6, 6.07) is 7.61. The summed E-state index contributed by atoms with van der Waals surface area (Å²) in [7, 11) is 0. The number of hydrogen-bond donors (Lipinski definition) is 3. The monoisotopic (exact) mass is 335 g/mol. The summed E-state index contributed by atoms with van der Waals surface area (Å²) in [5.41, 5.74) is 5.99. The summed E-state index contributed by atoms with van der Waals surface area (Å²) in [6.07, 6.45) is -0.0202. The number of benzene rings is 1. The van der Waals surface area contributed by atoms with Crippen molar-refractivity contribution in [1.29, 1.82) is 0 Å². The van der Waals surface area contributed by atoms with Crippen molar-refractivity contribution >= 4 is 17.9 Å². The van der Waals surface area contributed by atoms with E-state index >= 15 is 0 Å². The van der Waals surface area contributed by atoms with Crippen molar-refractivity contribution in [3.05, 3.63) is 35.9 Å². The first-order valence-electron chi connectivity index (χ1n) is 7.92. The Bertz CT molecular complexity index is 562. The van der Waals surface area contributed by atoms with Crippen molar-refractivity contribution in [2.75, 3.05) is 0 Å². The smallest absolute Gasteiger partial charge is 0.408 e. The lowest BCUT2D eigenvalue weighted by atomic mass is 9.98. The van der Waals surface area contributed by atoms with Gasteiger partial charge in [0.25, 0.3) is 0 Å². The fourth-order valence-corrected chi connectivity index (χ4v) is 1.97. The molecular weight excluding hydrogens is 310 g/mol. The van der Waals surface area contributed by atoms with Crippen LogP contribution >= 0.6 is 0 Å². The number of carbonyl (C=O) groups is 3. The molecule has 0 saturated carbocycles. The van der Waals surface area contributed by atoms with E-state index in [0.717, 1.165) is 5.56 Å². The highest BCUT2D eigenvalue weighted by Gasteiger charge is 2.28. The van der Waals surface area contributed by atoms with Crippen molar-refractivity contribution in [2.24, 2.45) is 11.7 Å². The van der Waals surface area contributed by atoms with Gasteiger partial charge in [-0.3, -0.25) is 9.59 Å². The first-order valence-corrected chi connectivity index (χ1v) is 7.92. The zero-order valence-corrected chi connectivity index (χ0v) is 14.2. The van der Waals surface area contributed by atoms with Crippen molar-refractivity contribution in [3.8, 4) is 0 Å². The van der Waals surface area contributed by atoms with Crippen LogP contribution in [0.5, 0.6) is 0 Å². The van der Waals surface area contributed by atoms with E-state index in [1.807, 2.05) is 44.2 Å². The van der Waals surface area contributed by atoms with Crippen molar-refractivity contribution in [3.63, 3.8) is 0 Å². The van der Waals surface area contributed by atoms with E-state index in [4.69, 9.17) is 10.5 Å². The lowest BCUT2D eigenvalue weighted by molar-refractivity contribution is -0.129. The van der Waals surface area contributed by atoms with E-state index in [-0.39, 0.29) is 12.5 Å². The van der Waals surface area contributed by atoms with Crippen LogP contribution in [-0.2, 0) is 20.9 Å². The van der Waals surface area contributed by atoms with E-state index < -0.39 is 30.0 Å². The topological polar surface area (TPSA) is 111 Å². The molecule has 0 fully saturated rings. The summed E-state index contributed by atoms with van der Waals surface area (Å²) >= 11 is 0. The SMILES string of the molecule is CC[C@H](C)[C@H](NC(=O)OCc1ccccc1)C(=O)N[C@@H](C)C(N)=O. The minimum absolute atomic E-state index is 0.110. The number of hydrogen-bond acceptors (Lipinski definition) is 4. The molecule has 0 heterocycles. The number of nitrogens with two attached hydrogens (primary N) is 1. The van der Waals surface area contributed by atoms with Crippen LogP contribution in [0.15, 0.2) is 30.3 Å². The highest BCUT2D eigenvalue weighted by atomic mass is 16.5. The lowest BCUT2D eigenvalue weighted by Crippen LogP contribution is -2.54. The molecule has 1 rings (SSSR count). The summed E-state index contributed by atoms with van der Waals surface area (Å²) < 4.78 is 5.13. The molecule has 0 saturated heterocycles. The van der Waals surface area contributed by atoms with Gasteiger partial charge in [0, 0.05) is 0 Å². The van der Waals surface area contributed by atoms with E-state index in [1.54, 1.807) is 0 Å². The van der Waals surface area contributed by atoms with E-state index in [1.165, 1.54) is 6.92 Å². The quantitative estimate of drug-likeness (QED) is 0.665. The predicted molar refractivity (Wildman–Crippen MR) is 89.8 cm³/mol. The standard InChI is InChI=1S/C17H25N3O4/c1-4-11(2)14(16(22)19-12(3)15(18)21)20-17(23)24-10-13-8-6-5-7-9-13/h5-9,11-12,14H,4,10H2,1-3H3,(H2,18,21)(H,19,22)(H,20,23)/t11-,12-,14-/m0/s1. The van der Waals surface area contributed by atoms with Crippen molar-refractivity contribution in [2.45, 2.75) is 45.9 Å². The molecule has 24 heavy (non-hydrogen) atoms. The number of alkyl carbamates (subject to hydrolysis) is 1. The molecule has 0 radical (unpaired) electrons. The lowest BCUT2D eigenvalue weighted by Gasteiger charge is -2.24. The maximum atomic E-state index is 12.3. The molecule has 0 aliphatic carbocycles. The summed E-state index contributed by atoms with van der Waals surface area (Å²) in [5.74, 6) is -1.24. The molecule has 0 bridgehead atoms. The molecule has 132 valence electrons. The van der Waals surface area contributed by atoms with E-state index in [2.05, 4.69) is 10.6 Å². The molecule has 4 N–H and O–H groups in total. The van der Waals surface area contributed by atoms with Crippen molar-refractivity contribution < 1.29 is 19.1 Å². The van der Waals surface area contributed by atoms with Gasteiger partial charge in [0.2, 0.25) is 11.8 Å². The second-order valence-corrected chi connectivity index (χ2v) is 5.70. The highest BCUT2D eigenvalue weighted by molar-refractivity contribution is 5.90. The van der Waals surface area contributed by atoms with Gasteiger partial charge >= 0.3 is 6.09 Å². The number of carbonyl (C=O) groups excluding carboxylic acids is 3. The zero-order valence-electron chi connectivity index (χ0n) is 14.2. The Labute approximate surface area is 141 Å². The summed E-state index contributed by atoms with van der Waals surface area (Å²) in [5, 5.41) is 5.05. The van der Waals surface area contributed by atoms with Gasteiger partial charge < -0.3 is 21.1 Å². The van der Waals surface area contributed by atoms with Gasteiger partial charge in [-0.05, 0) is 18.4 Å². The molecule has 0 aliphatic rings. The van der Waals surface area contributed by atoms with Gasteiger partial charge in [0.05, 0.1) is 0 Å². The van der Waals surface area contributed by atoms with Crippen LogP contribution in [0.25, 0.3) is 0 Å². The van der Waals surface area contributed by atoms with Crippen molar-refractivity contribution in [1.82, 2.24) is 10.6 Å². The maximum Gasteiger partial charge on any atom is 0.408 e. The Hall–Kier alpha value is -2.57. The Morgan fingerprint density at radius 1 is 1.12 bits per heavy atom. The zero-order chi connectivity index (χ0) is 18.1. The molecule has 3 amide bonds. The number of primary amides is 1. The van der Waals surface area contributed by atoms with Crippen LogP contribution in [0.3, 0.4) is 0 Å². The second kappa shape index (κ2) is 9.54. The maximum absolute atomic E-state index is 12.3. The summed E-state index contributed by atoms with van der Waals surface area (Å²) in [4.78, 5) is 35.3. The van der Waals surface area contributed by atoms with E-state index in [9.17, 15) is 14.4 Å². The first-order chi connectivity index (χ1) is 11.3. The molecule has 3 atom stereocenters. The van der Waals surface area contributed by atoms with Gasteiger partial charge in [-0.15, -0.1) is 0 Å². The third-order valence-corrected chi connectivity index (χ3v) is 3.77. The second-order valence-electron chi connectivity index (χ2n) is 5.70. The van der Waals surface area contributed by atoms with Crippen LogP contribution < -0.4 is 16.4 Å². The summed E-state index contributed by atoms with van der Waals surface area (Å²) in [6.45, 7) is 5.33. The average Bonchev–Trinajstić information content (AvgIpc) is 2.57. The predicted octanol–water partition coefficient (Wildman–Crippen LogP) is 1.32. The molecule has 0 aliphatic heterocycles. The molecular formula is C17H25N3O4. The number of rotatable bonds is 8. The Morgan fingerprint density at radius 2 is 1.75 bits per heavy atom. The van der Waals surface area contributed by atoms with Crippen LogP contribution in [0.1, 0.15) is 32.8 Å². The molecule has 0 spiro atoms. The van der Waals surface area contributed by atoms with Crippen LogP contribution in [0.2, 0.25) is 0 Å². The molecule has 1 aromatic carbocycles. The normalized spacial score (nSPS) is 14.1. The fourth-order valence-electron chi connectivity index (χ4n) is 1.97. The third kappa shape index (κ3) is 6.28. The van der Waals surface area contributed by atoms with E-state index in [0.29, 0.717) is 6.42 Å². The van der Waals surface area contributed by atoms with Crippen LogP contribution in [0, 0.1) is 5.92 Å². The Morgan fingerprint density at radius 3 is 2.29 bits per heavy atom. The number of amides is 3. The largest absolute Gasteiger partial charge is 0.445 e. The average molecular weight is 335 g/mol. The molecule has 0 aromatic heterocycles. The van der Waals surface area contributed by atoms with Gasteiger partial charge in [-0.25, -0.2) is 4.79 Å². The molecule has 1 aromatic rings. The minimum Gasteiger partial charge on any atom is -0.445 e. The minimum atomic E-state index is -0.814. The Balaban J connectivity index is 2.63. The van der Waals surface area contributed by atoms with Gasteiger partial charge in [-0.2, -0.15) is 0 Å². The number of nitrogens with one attached hydrogen (secondary N) is 2. The van der Waals surface area contributed by atoms with Gasteiger partial charge in [-0.1, -0.05) is 50.6 Å². The number of ether oxygens (including phenoxy) is 1. The Kier molecular flexibility index (Phi) is 7.74. The molecule has 7 heteroatoms. The van der Waals surface area contributed by atoms with Crippen LogP contribution in [-0.4, -0.2) is 30.0 Å². The van der Waals surface area contributed by atoms with Gasteiger partial charge in [0.15, 0.2) is 0 Å². The first kappa shape index (κ1) is 19.5. The van der Waals surface area contributed by atoms with Crippen LogP contribution in [0.4, 0.5) is 4.79 Å². The molecule has 0 unspecified atom stereocenters. The van der Waals surface area contributed by atoms with Gasteiger partial charge in [0.1, 0.15) is 18.7 Å². The highest BCUT2D eigenvalue weighted by Crippen LogP contribution is 2.09. The molecule has 7 nitrogen and oxygen atoms in total.